The Bertz CT molecular complexity index is 104. The van der Waals surface area contributed by atoms with Gasteiger partial charge in [-0.05, 0) is 19.8 Å². The van der Waals surface area contributed by atoms with Gasteiger partial charge in [0.25, 0.3) is 0 Å². The zero-order valence-corrected chi connectivity index (χ0v) is 7.05. The summed E-state index contributed by atoms with van der Waals surface area (Å²) in [4.78, 5) is 0. The third-order valence-corrected chi connectivity index (χ3v) is 2.48. The van der Waals surface area contributed by atoms with Crippen LogP contribution in [0, 0.1) is 11.1 Å². The van der Waals surface area contributed by atoms with Crippen molar-refractivity contribution in [2.75, 3.05) is 0 Å². The Morgan fingerprint density at radius 3 is 1.90 bits per heavy atom. The molecule has 1 rings (SSSR count). The molecule has 1 aliphatic rings. The lowest BCUT2D eigenvalue weighted by molar-refractivity contribution is -0.905. The van der Waals surface area contributed by atoms with Gasteiger partial charge in [-0.25, -0.2) is 0 Å². The largest absolute Gasteiger partial charge is 0.634 e. The van der Waals surface area contributed by atoms with E-state index in [4.69, 9.17) is 0 Å². The molecular formula is C8H17NO. The normalized spacial score (nSPS) is 49.2. The van der Waals surface area contributed by atoms with Crippen LogP contribution in [0.2, 0.25) is 0 Å². The first-order valence-corrected chi connectivity index (χ1v) is 4.15. The highest BCUT2D eigenvalue weighted by molar-refractivity contribution is 4.67. The average molecular weight is 143 g/mol. The van der Waals surface area contributed by atoms with Crippen molar-refractivity contribution in [1.82, 2.24) is 0 Å². The molecule has 10 heavy (non-hydrogen) atoms. The second-order valence-corrected chi connectivity index (χ2v) is 3.78. The lowest BCUT2D eigenvalue weighted by atomic mass is 9.90. The van der Waals surface area contributed by atoms with Crippen LogP contribution in [-0.2, 0) is 0 Å². The van der Waals surface area contributed by atoms with E-state index in [2.05, 4.69) is 20.8 Å². The third-order valence-electron chi connectivity index (χ3n) is 2.48. The summed E-state index contributed by atoms with van der Waals surface area (Å²) in [5.41, 5.74) is 0. The van der Waals surface area contributed by atoms with E-state index in [1.807, 2.05) is 0 Å². The molecule has 0 spiro atoms. The van der Waals surface area contributed by atoms with Crippen LogP contribution in [0.3, 0.4) is 0 Å². The molecule has 1 fully saturated rings. The molecule has 1 N–H and O–H groups in total. The summed E-state index contributed by atoms with van der Waals surface area (Å²) in [5, 5.41) is 11.7. The summed E-state index contributed by atoms with van der Waals surface area (Å²) in [5.74, 6) is 0.752. The van der Waals surface area contributed by atoms with E-state index in [9.17, 15) is 5.21 Å². The predicted octanol–water partition coefficient (Wildman–Crippen LogP) is 0.576. The maximum absolute atomic E-state index is 11.3. The summed E-state index contributed by atoms with van der Waals surface area (Å²) >= 11 is 0. The Morgan fingerprint density at radius 2 is 1.50 bits per heavy atom. The van der Waals surface area contributed by atoms with Crippen molar-refractivity contribution in [1.29, 1.82) is 0 Å². The highest BCUT2D eigenvalue weighted by Gasteiger charge is 2.26. The fourth-order valence-electron chi connectivity index (χ4n) is 2.02. The van der Waals surface area contributed by atoms with Crippen LogP contribution in [0.1, 0.15) is 33.6 Å². The summed E-state index contributed by atoms with van der Waals surface area (Å²) in [6.45, 7) is 6.34. The molecular weight excluding hydrogens is 126 g/mol. The monoisotopic (exact) mass is 143 g/mol. The number of rotatable bonds is 0. The van der Waals surface area contributed by atoms with Gasteiger partial charge in [-0.2, -0.15) is 0 Å². The zero-order valence-electron chi connectivity index (χ0n) is 7.05. The number of hydroxylamine groups is 2. The average Bonchev–Trinajstić information content (AvgIpc) is 1.82. The Labute approximate surface area is 62.8 Å². The number of nitrogens with one attached hydrogen (secondary N) is 1. The molecule has 0 bridgehead atoms. The lowest BCUT2D eigenvalue weighted by Gasteiger charge is -2.41. The third kappa shape index (κ3) is 1.50. The highest BCUT2D eigenvalue weighted by Crippen LogP contribution is 2.14. The minimum atomic E-state index is 0.318. The highest BCUT2D eigenvalue weighted by atomic mass is 16.5. The molecule has 2 nitrogen and oxygen atoms in total. The van der Waals surface area contributed by atoms with Gasteiger partial charge in [-0.3, -0.25) is 0 Å². The number of hydrogen-bond acceptors (Lipinski definition) is 1. The quantitative estimate of drug-likeness (QED) is 0.493. The first-order valence-electron chi connectivity index (χ1n) is 4.15. The van der Waals surface area contributed by atoms with E-state index in [1.54, 1.807) is 0 Å². The second-order valence-electron chi connectivity index (χ2n) is 3.78. The van der Waals surface area contributed by atoms with Crippen LogP contribution in [0.15, 0.2) is 0 Å². The second kappa shape index (κ2) is 2.89. The molecule has 0 radical (unpaired) electrons. The summed E-state index contributed by atoms with van der Waals surface area (Å²) < 4.78 is 0. The summed E-state index contributed by atoms with van der Waals surface area (Å²) in [7, 11) is 0. The van der Waals surface area contributed by atoms with Crippen LogP contribution in [0.5, 0.6) is 0 Å². The molecule has 60 valence electrons. The molecule has 2 heteroatoms. The molecule has 1 saturated heterocycles. The van der Waals surface area contributed by atoms with Gasteiger partial charge in [0.1, 0.15) is 0 Å². The Kier molecular flexibility index (Phi) is 2.32. The van der Waals surface area contributed by atoms with Crippen LogP contribution < -0.4 is 5.06 Å². The lowest BCUT2D eigenvalue weighted by Crippen LogP contribution is -3.15. The Balaban J connectivity index is 2.49. The van der Waals surface area contributed by atoms with Crippen molar-refractivity contribution in [2.45, 2.75) is 45.7 Å². The van der Waals surface area contributed by atoms with E-state index in [1.165, 1.54) is 0 Å². The minimum Gasteiger partial charge on any atom is -0.634 e. The van der Waals surface area contributed by atoms with Crippen molar-refractivity contribution in [3.8, 4) is 0 Å². The predicted molar refractivity (Wildman–Crippen MR) is 41.7 cm³/mol. The van der Waals surface area contributed by atoms with Gasteiger partial charge in [0.05, 0.1) is 12.1 Å². The molecule has 2 unspecified atom stereocenters. The number of hydrogen-bond donors (Lipinski definition) is 1. The Hall–Kier alpha value is -0.0800. The molecule has 0 aliphatic carbocycles. The number of piperidine rings is 1. The Morgan fingerprint density at radius 1 is 1.10 bits per heavy atom. The standard InChI is InChI=1S/C8H17NO/c1-6-4-7(2)9(10)8(3)5-6/h6-9H,4-5H2,1-3H3. The van der Waals surface area contributed by atoms with Gasteiger partial charge in [0, 0.05) is 12.8 Å². The van der Waals surface area contributed by atoms with Gasteiger partial charge in [0.15, 0.2) is 0 Å². The molecule has 0 aromatic heterocycles. The van der Waals surface area contributed by atoms with E-state index in [-0.39, 0.29) is 0 Å². The van der Waals surface area contributed by atoms with Crippen molar-refractivity contribution in [3.05, 3.63) is 5.21 Å². The minimum absolute atomic E-state index is 0.318. The van der Waals surface area contributed by atoms with Crippen molar-refractivity contribution >= 4 is 0 Å². The van der Waals surface area contributed by atoms with E-state index < -0.39 is 0 Å². The SMILES string of the molecule is CC1CC(C)[NH+]([O-])C(C)C1. The number of quaternary nitrogens is 1. The molecule has 2 atom stereocenters. The van der Waals surface area contributed by atoms with Gasteiger partial charge in [0.2, 0.25) is 0 Å². The van der Waals surface area contributed by atoms with Gasteiger partial charge < -0.3 is 10.3 Å². The first kappa shape index (κ1) is 8.02. The van der Waals surface area contributed by atoms with Crippen LogP contribution in [0.4, 0.5) is 0 Å². The maximum atomic E-state index is 11.3. The van der Waals surface area contributed by atoms with Gasteiger partial charge in [-0.1, -0.05) is 6.92 Å². The van der Waals surface area contributed by atoms with Crippen molar-refractivity contribution in [2.24, 2.45) is 5.92 Å². The molecule has 0 aromatic rings. The first-order chi connectivity index (χ1) is 4.61. The topological polar surface area (TPSA) is 27.5 Å². The summed E-state index contributed by atoms with van der Waals surface area (Å²) in [6.07, 6.45) is 2.20. The van der Waals surface area contributed by atoms with Crippen molar-refractivity contribution in [3.63, 3.8) is 0 Å². The van der Waals surface area contributed by atoms with Crippen LogP contribution in [0.25, 0.3) is 0 Å². The van der Waals surface area contributed by atoms with Crippen LogP contribution in [-0.4, -0.2) is 12.1 Å². The molecule has 1 aliphatic heterocycles. The zero-order chi connectivity index (χ0) is 7.72. The van der Waals surface area contributed by atoms with Crippen LogP contribution >= 0.6 is 0 Å². The fourth-order valence-corrected chi connectivity index (χ4v) is 2.02. The van der Waals surface area contributed by atoms with Gasteiger partial charge >= 0.3 is 0 Å². The smallest absolute Gasteiger partial charge is 0.0847 e. The fraction of sp³-hybridized carbons (Fsp3) is 1.00. The summed E-state index contributed by atoms with van der Waals surface area (Å²) in [6, 6.07) is 0.637. The van der Waals surface area contributed by atoms with Gasteiger partial charge in [-0.15, -0.1) is 0 Å². The van der Waals surface area contributed by atoms with Crippen molar-refractivity contribution < 1.29 is 5.06 Å². The molecule has 0 amide bonds. The molecule has 0 saturated carbocycles. The maximum Gasteiger partial charge on any atom is 0.0847 e. The molecule has 1 heterocycles. The van der Waals surface area contributed by atoms with E-state index >= 15 is 0 Å². The van der Waals surface area contributed by atoms with E-state index in [0.717, 1.165) is 18.8 Å². The molecule has 0 aromatic carbocycles. The van der Waals surface area contributed by atoms with E-state index in [0.29, 0.717) is 17.1 Å².